The molecule has 6 heteroatoms. The molecule has 0 saturated carbocycles. The topological polar surface area (TPSA) is 49.9 Å². The van der Waals surface area contributed by atoms with Gasteiger partial charge in [-0.1, -0.05) is 11.6 Å². The van der Waals surface area contributed by atoms with E-state index in [1.807, 2.05) is 0 Å². The number of halogens is 1. The minimum Gasteiger partial charge on any atom is -0.378 e. The summed E-state index contributed by atoms with van der Waals surface area (Å²) < 4.78 is 5.21. The highest BCUT2D eigenvalue weighted by Gasteiger charge is 2.35. The van der Waals surface area contributed by atoms with Crippen molar-refractivity contribution < 1.29 is 14.3 Å². The van der Waals surface area contributed by atoms with Crippen molar-refractivity contribution in [1.29, 1.82) is 0 Å². The molecule has 0 spiro atoms. The molecule has 0 bridgehead atoms. The predicted octanol–water partition coefficient (Wildman–Crippen LogP) is 1.68. The fourth-order valence-corrected chi connectivity index (χ4v) is 2.59. The summed E-state index contributed by atoms with van der Waals surface area (Å²) >= 11 is 5.91. The lowest BCUT2D eigenvalue weighted by Crippen LogP contribution is -2.49. The van der Waals surface area contributed by atoms with Crippen molar-refractivity contribution in [3.05, 3.63) is 28.8 Å². The van der Waals surface area contributed by atoms with Gasteiger partial charge in [-0.3, -0.25) is 4.79 Å². The van der Waals surface area contributed by atoms with Crippen molar-refractivity contribution in [3.8, 4) is 0 Å². The lowest BCUT2D eigenvalue weighted by molar-refractivity contribution is -0.116. The Bertz CT molecular complexity index is 541. The quantitative estimate of drug-likeness (QED) is 0.726. The van der Waals surface area contributed by atoms with E-state index in [2.05, 4.69) is 0 Å². The van der Waals surface area contributed by atoms with Gasteiger partial charge in [0.25, 0.3) is 0 Å². The van der Waals surface area contributed by atoms with Crippen LogP contribution < -0.4 is 4.90 Å². The highest BCUT2D eigenvalue weighted by molar-refractivity contribution is 6.31. The molecule has 1 fully saturated rings. The molecule has 0 radical (unpaired) electrons. The van der Waals surface area contributed by atoms with Crippen LogP contribution in [0.25, 0.3) is 0 Å². The van der Waals surface area contributed by atoms with Crippen LogP contribution in [0.1, 0.15) is 5.56 Å². The molecule has 0 aliphatic carbocycles. The number of imide groups is 1. The number of anilines is 1. The first-order chi connectivity index (χ1) is 9.16. The molecule has 0 aromatic heterocycles. The monoisotopic (exact) mass is 280 g/mol. The number of hydrogen-bond donors (Lipinski definition) is 0. The van der Waals surface area contributed by atoms with E-state index in [1.165, 1.54) is 4.90 Å². The molecule has 0 N–H and O–H groups in total. The van der Waals surface area contributed by atoms with Crippen molar-refractivity contribution in [2.75, 3.05) is 31.2 Å². The zero-order chi connectivity index (χ0) is 13.4. The zero-order valence-corrected chi connectivity index (χ0v) is 11.0. The van der Waals surface area contributed by atoms with Crippen LogP contribution in [0.2, 0.25) is 5.02 Å². The number of ether oxygens (including phenoxy) is 1. The van der Waals surface area contributed by atoms with Crippen LogP contribution in [0.15, 0.2) is 18.2 Å². The molecule has 2 aliphatic rings. The third-order valence-corrected chi connectivity index (χ3v) is 3.58. The van der Waals surface area contributed by atoms with Crippen molar-refractivity contribution in [2.45, 2.75) is 6.42 Å². The number of urea groups is 1. The number of hydrogen-bond acceptors (Lipinski definition) is 3. The molecule has 1 aromatic rings. The Morgan fingerprint density at radius 1 is 1.26 bits per heavy atom. The van der Waals surface area contributed by atoms with E-state index >= 15 is 0 Å². The second-order valence-corrected chi connectivity index (χ2v) is 5.00. The van der Waals surface area contributed by atoms with Crippen LogP contribution >= 0.6 is 11.6 Å². The molecule has 1 aromatic carbocycles. The summed E-state index contributed by atoms with van der Waals surface area (Å²) in [5.74, 6) is -0.200. The van der Waals surface area contributed by atoms with Gasteiger partial charge in [0.2, 0.25) is 5.91 Å². The number of morpholine rings is 1. The summed E-state index contributed by atoms with van der Waals surface area (Å²) in [6.07, 6.45) is 0.228. The standard InChI is InChI=1S/C13H13ClN2O3/c14-10-1-2-11-9(7-10)8-12(17)16(11)13(18)15-3-5-19-6-4-15/h1-2,7H,3-6,8H2. The van der Waals surface area contributed by atoms with Gasteiger partial charge in [-0.2, -0.15) is 0 Å². The van der Waals surface area contributed by atoms with Gasteiger partial charge in [-0.05, 0) is 23.8 Å². The van der Waals surface area contributed by atoms with E-state index in [0.29, 0.717) is 37.0 Å². The average Bonchev–Trinajstić information content (AvgIpc) is 2.74. The van der Waals surface area contributed by atoms with E-state index in [0.717, 1.165) is 5.56 Å². The van der Waals surface area contributed by atoms with Crippen LogP contribution in [0.3, 0.4) is 0 Å². The van der Waals surface area contributed by atoms with Crippen molar-refractivity contribution in [1.82, 2.24) is 4.90 Å². The molecule has 0 atom stereocenters. The fourth-order valence-electron chi connectivity index (χ4n) is 2.40. The number of carbonyl (C=O) groups excluding carboxylic acids is 2. The van der Waals surface area contributed by atoms with Gasteiger partial charge in [0.15, 0.2) is 0 Å². The summed E-state index contributed by atoms with van der Waals surface area (Å²) in [4.78, 5) is 27.3. The van der Waals surface area contributed by atoms with E-state index in [1.54, 1.807) is 23.1 Å². The van der Waals surface area contributed by atoms with Gasteiger partial charge in [0, 0.05) is 18.1 Å². The van der Waals surface area contributed by atoms with Gasteiger partial charge >= 0.3 is 6.03 Å². The Morgan fingerprint density at radius 2 is 2.00 bits per heavy atom. The normalized spacial score (nSPS) is 18.7. The van der Waals surface area contributed by atoms with Gasteiger partial charge in [0.05, 0.1) is 25.3 Å². The predicted molar refractivity (Wildman–Crippen MR) is 70.4 cm³/mol. The molecule has 19 heavy (non-hydrogen) atoms. The van der Waals surface area contributed by atoms with Gasteiger partial charge < -0.3 is 9.64 Å². The number of benzene rings is 1. The number of rotatable bonds is 0. The highest BCUT2D eigenvalue weighted by atomic mass is 35.5. The first kappa shape index (κ1) is 12.4. The van der Waals surface area contributed by atoms with Gasteiger partial charge in [-0.15, -0.1) is 0 Å². The third kappa shape index (κ3) is 2.19. The van der Waals surface area contributed by atoms with Crippen LogP contribution in [0.5, 0.6) is 0 Å². The number of amides is 3. The molecule has 100 valence electrons. The molecule has 1 saturated heterocycles. The molecular formula is C13H13ClN2O3. The molecule has 2 heterocycles. The average molecular weight is 281 g/mol. The maximum absolute atomic E-state index is 12.4. The Balaban J connectivity index is 1.89. The smallest absolute Gasteiger partial charge is 0.331 e. The van der Waals surface area contributed by atoms with E-state index in [-0.39, 0.29) is 18.4 Å². The Hall–Kier alpha value is -1.59. The van der Waals surface area contributed by atoms with Gasteiger partial charge in [0.1, 0.15) is 0 Å². The molecule has 3 rings (SSSR count). The molecule has 0 unspecified atom stereocenters. The largest absolute Gasteiger partial charge is 0.378 e. The summed E-state index contributed by atoms with van der Waals surface area (Å²) in [5.41, 5.74) is 1.45. The number of nitrogens with zero attached hydrogens (tertiary/aromatic N) is 2. The van der Waals surface area contributed by atoms with Crippen LogP contribution in [-0.4, -0.2) is 43.1 Å². The second-order valence-electron chi connectivity index (χ2n) is 4.56. The molecule has 5 nitrogen and oxygen atoms in total. The minimum absolute atomic E-state index is 0.200. The van der Waals surface area contributed by atoms with Crippen molar-refractivity contribution in [2.24, 2.45) is 0 Å². The Morgan fingerprint density at radius 3 is 2.74 bits per heavy atom. The zero-order valence-electron chi connectivity index (χ0n) is 10.3. The lowest BCUT2D eigenvalue weighted by atomic mass is 10.2. The number of carbonyl (C=O) groups is 2. The fraction of sp³-hybridized carbons (Fsp3) is 0.385. The summed E-state index contributed by atoms with van der Waals surface area (Å²) in [6, 6.07) is 4.88. The molecular weight excluding hydrogens is 268 g/mol. The third-order valence-electron chi connectivity index (χ3n) is 3.35. The van der Waals surface area contributed by atoms with Crippen LogP contribution in [0.4, 0.5) is 10.5 Å². The SMILES string of the molecule is O=C1Cc2cc(Cl)ccc2N1C(=O)N1CCOCC1. The maximum Gasteiger partial charge on any atom is 0.331 e. The van der Waals surface area contributed by atoms with Crippen LogP contribution in [0, 0.1) is 0 Å². The van der Waals surface area contributed by atoms with E-state index in [9.17, 15) is 9.59 Å². The van der Waals surface area contributed by atoms with E-state index < -0.39 is 0 Å². The van der Waals surface area contributed by atoms with Crippen molar-refractivity contribution >= 4 is 29.2 Å². The van der Waals surface area contributed by atoms with E-state index in [4.69, 9.17) is 16.3 Å². The second kappa shape index (κ2) is 4.83. The first-order valence-corrected chi connectivity index (χ1v) is 6.52. The number of fused-ring (bicyclic) bond motifs is 1. The van der Waals surface area contributed by atoms with Crippen molar-refractivity contribution in [3.63, 3.8) is 0 Å². The summed E-state index contributed by atoms with van der Waals surface area (Å²) in [5, 5.41) is 0.576. The Kier molecular flexibility index (Phi) is 3.16. The summed E-state index contributed by atoms with van der Waals surface area (Å²) in [6.45, 7) is 2.07. The lowest BCUT2D eigenvalue weighted by Gasteiger charge is -2.30. The minimum atomic E-state index is -0.269. The van der Waals surface area contributed by atoms with Gasteiger partial charge in [-0.25, -0.2) is 9.69 Å². The van der Waals surface area contributed by atoms with Crippen LogP contribution in [-0.2, 0) is 16.0 Å². The molecule has 2 aliphatic heterocycles. The maximum atomic E-state index is 12.4. The molecule has 3 amide bonds. The highest BCUT2D eigenvalue weighted by Crippen LogP contribution is 2.32. The summed E-state index contributed by atoms with van der Waals surface area (Å²) in [7, 11) is 0. The first-order valence-electron chi connectivity index (χ1n) is 6.15. The Labute approximate surface area is 115 Å².